The maximum Gasteiger partial charge on any atom is 0.573 e. The zero-order chi connectivity index (χ0) is 42.3. The lowest BCUT2D eigenvalue weighted by atomic mass is 9.99. The molecule has 0 spiro atoms. The molecule has 60 heavy (non-hydrogen) atoms. The SMILES string of the molecule is CN(C)CCC(CSc1ccccc1)Nc1cc(S(=O)(=O)Nc2ncnc3cc(N4CCN(Cc5cc(Cl)ccc5-c5ccccc5)CC4)ccc23)ccc1OC(F)(F)F. The highest BCUT2D eigenvalue weighted by atomic mass is 35.5. The average molecular weight is 876 g/mol. The molecule has 1 aromatic heterocycles. The van der Waals surface area contributed by atoms with Gasteiger partial charge in [0, 0.05) is 65.5 Å². The minimum absolute atomic E-state index is 0.0420. The summed E-state index contributed by atoms with van der Waals surface area (Å²) in [7, 11) is -0.535. The van der Waals surface area contributed by atoms with Crippen LogP contribution in [0.4, 0.5) is 30.4 Å². The van der Waals surface area contributed by atoms with Gasteiger partial charge in [-0.2, -0.15) is 0 Å². The van der Waals surface area contributed by atoms with Crippen LogP contribution in [-0.4, -0.2) is 93.2 Å². The molecule has 1 saturated heterocycles. The molecular weight excluding hydrogens is 831 g/mol. The van der Waals surface area contributed by atoms with E-state index in [2.05, 4.69) is 52.7 Å². The summed E-state index contributed by atoms with van der Waals surface area (Å²) in [6.45, 7) is 4.57. The molecule has 1 fully saturated rings. The summed E-state index contributed by atoms with van der Waals surface area (Å²) in [6, 6.07) is 34.4. The van der Waals surface area contributed by atoms with E-state index in [0.29, 0.717) is 34.6 Å². The molecule has 0 amide bonds. The minimum atomic E-state index is -5.00. The number of benzene rings is 5. The number of ether oxygens (including phenoxy) is 1. The van der Waals surface area contributed by atoms with Crippen molar-refractivity contribution < 1.29 is 26.3 Å². The molecule has 0 bridgehead atoms. The van der Waals surface area contributed by atoms with Crippen LogP contribution >= 0.6 is 23.4 Å². The molecule has 1 aliphatic rings. The molecule has 0 saturated carbocycles. The van der Waals surface area contributed by atoms with Crippen LogP contribution in [-0.2, 0) is 16.6 Å². The van der Waals surface area contributed by atoms with Crippen LogP contribution < -0.4 is 19.7 Å². The van der Waals surface area contributed by atoms with Crippen molar-refractivity contribution in [3.8, 4) is 16.9 Å². The molecule has 5 aromatic carbocycles. The van der Waals surface area contributed by atoms with Gasteiger partial charge in [-0.3, -0.25) is 9.62 Å². The van der Waals surface area contributed by atoms with Crippen LogP contribution in [0.25, 0.3) is 22.0 Å². The number of sulfonamides is 1. The van der Waals surface area contributed by atoms with Gasteiger partial charge in [0.2, 0.25) is 0 Å². The number of nitrogens with one attached hydrogen (secondary N) is 2. The summed E-state index contributed by atoms with van der Waals surface area (Å²) in [4.78, 5) is 16.1. The Morgan fingerprint density at radius 2 is 1.62 bits per heavy atom. The first-order valence-corrected chi connectivity index (χ1v) is 22.2. The average Bonchev–Trinajstić information content (AvgIpc) is 3.22. The number of hydrogen-bond donors (Lipinski definition) is 2. The molecule has 16 heteroatoms. The number of alkyl halides is 3. The summed E-state index contributed by atoms with van der Waals surface area (Å²) < 4.78 is 75.4. The third kappa shape index (κ3) is 11.4. The van der Waals surface area contributed by atoms with Gasteiger partial charge in [0.05, 0.1) is 16.1 Å². The number of halogens is 4. The normalized spacial score (nSPS) is 14.3. The van der Waals surface area contributed by atoms with Crippen molar-refractivity contribution >= 4 is 61.5 Å². The van der Waals surface area contributed by atoms with Crippen molar-refractivity contribution in [1.82, 2.24) is 19.8 Å². The summed E-state index contributed by atoms with van der Waals surface area (Å²) in [6.07, 6.45) is -3.15. The Morgan fingerprint density at radius 1 is 0.883 bits per heavy atom. The molecule has 6 aromatic rings. The Balaban J connectivity index is 1.06. The van der Waals surface area contributed by atoms with Crippen molar-refractivity contribution in [2.24, 2.45) is 0 Å². The molecular formula is C44H45ClF3N7O3S2. The smallest absolute Gasteiger partial charge is 0.404 e. The first kappa shape index (κ1) is 43.0. The van der Waals surface area contributed by atoms with Crippen LogP contribution in [0.5, 0.6) is 5.75 Å². The first-order chi connectivity index (χ1) is 28.8. The van der Waals surface area contributed by atoms with Crippen molar-refractivity contribution in [3.63, 3.8) is 0 Å². The number of aromatic nitrogens is 2. The number of anilines is 3. The van der Waals surface area contributed by atoms with Crippen molar-refractivity contribution in [2.75, 3.05) is 67.5 Å². The fourth-order valence-corrected chi connectivity index (χ4v) is 9.30. The summed E-state index contributed by atoms with van der Waals surface area (Å²) >= 11 is 7.97. The Kier molecular flexibility index (Phi) is 13.7. The van der Waals surface area contributed by atoms with E-state index in [9.17, 15) is 21.6 Å². The molecule has 0 aliphatic carbocycles. The predicted molar refractivity (Wildman–Crippen MR) is 236 cm³/mol. The first-order valence-electron chi connectivity index (χ1n) is 19.4. The lowest BCUT2D eigenvalue weighted by Gasteiger charge is -2.36. The second-order valence-corrected chi connectivity index (χ2v) is 17.9. The zero-order valence-corrected chi connectivity index (χ0v) is 35.5. The van der Waals surface area contributed by atoms with Crippen molar-refractivity contribution in [3.05, 3.63) is 132 Å². The number of fused-ring (bicyclic) bond motifs is 1. The molecule has 2 N–H and O–H groups in total. The van der Waals surface area contributed by atoms with Gasteiger partial charge in [0.25, 0.3) is 10.0 Å². The number of thioether (sulfide) groups is 1. The van der Waals surface area contributed by atoms with Crippen LogP contribution in [0.1, 0.15) is 12.0 Å². The van der Waals surface area contributed by atoms with E-state index in [1.165, 1.54) is 11.9 Å². The van der Waals surface area contributed by atoms with Gasteiger partial charge in [-0.1, -0.05) is 66.2 Å². The maximum absolute atomic E-state index is 13.9. The number of nitrogens with zero attached hydrogens (tertiary/aromatic N) is 5. The van der Waals surface area contributed by atoms with Crippen LogP contribution in [0.3, 0.4) is 0 Å². The van der Waals surface area contributed by atoms with E-state index in [4.69, 9.17) is 11.6 Å². The Hall–Kier alpha value is -5.06. The van der Waals surface area contributed by atoms with Gasteiger partial charge in [-0.25, -0.2) is 18.4 Å². The van der Waals surface area contributed by atoms with Crippen LogP contribution in [0.2, 0.25) is 5.02 Å². The van der Waals surface area contributed by atoms with Gasteiger partial charge < -0.3 is 19.9 Å². The number of hydrogen-bond acceptors (Lipinski definition) is 10. The zero-order valence-electron chi connectivity index (χ0n) is 33.1. The lowest BCUT2D eigenvalue weighted by Crippen LogP contribution is -2.46. The molecule has 1 aliphatic heterocycles. The van der Waals surface area contributed by atoms with Crippen molar-refractivity contribution in [2.45, 2.75) is 35.2 Å². The summed E-state index contributed by atoms with van der Waals surface area (Å²) in [5.74, 6) is 0.00508. The quantitative estimate of drug-likeness (QED) is 0.0915. The Morgan fingerprint density at radius 3 is 2.33 bits per heavy atom. The van der Waals surface area contributed by atoms with E-state index in [0.717, 1.165) is 72.6 Å². The molecule has 7 rings (SSSR count). The Labute approximate surface area is 357 Å². The molecule has 0 radical (unpaired) electrons. The van der Waals surface area contributed by atoms with E-state index >= 15 is 0 Å². The van der Waals surface area contributed by atoms with E-state index < -0.39 is 22.1 Å². The van der Waals surface area contributed by atoms with Crippen LogP contribution in [0, 0.1) is 0 Å². The lowest BCUT2D eigenvalue weighted by molar-refractivity contribution is -0.274. The van der Waals surface area contributed by atoms with Crippen molar-refractivity contribution in [1.29, 1.82) is 0 Å². The maximum atomic E-state index is 13.9. The third-order valence-corrected chi connectivity index (χ3v) is 12.8. The standard InChI is InChI=1S/C44H45ClF3N7O3S2/c1-53(2)20-19-34(29-59-36-11-7-4-8-12-36)51-41-27-37(15-18-42(41)58-44(46,47)48)60(56,57)52-43-39-17-14-35(26-40(39)49-30-50-43)55-23-21-54(22-24-55)28-32-25-33(45)13-16-38(32)31-9-5-3-6-10-31/h3-18,25-27,30,34,51H,19-24,28-29H2,1-2H3,(H,49,50,52). The van der Waals surface area contributed by atoms with Gasteiger partial charge in [-0.15, -0.1) is 24.9 Å². The van der Waals surface area contributed by atoms with Gasteiger partial charge >= 0.3 is 6.36 Å². The minimum Gasteiger partial charge on any atom is -0.404 e. The molecule has 2 heterocycles. The van der Waals surface area contributed by atoms with Crippen LogP contribution in [0.15, 0.2) is 131 Å². The highest BCUT2D eigenvalue weighted by molar-refractivity contribution is 7.99. The Bertz CT molecular complexity index is 2490. The topological polar surface area (TPSA) is 103 Å². The fraction of sp³-hybridized carbons (Fsp3) is 0.273. The largest absolute Gasteiger partial charge is 0.573 e. The highest BCUT2D eigenvalue weighted by Gasteiger charge is 2.33. The monoisotopic (exact) mass is 875 g/mol. The van der Waals surface area contributed by atoms with E-state index in [-0.39, 0.29) is 22.4 Å². The summed E-state index contributed by atoms with van der Waals surface area (Å²) in [5.41, 5.74) is 4.84. The predicted octanol–water partition coefficient (Wildman–Crippen LogP) is 9.50. The highest BCUT2D eigenvalue weighted by Crippen LogP contribution is 2.35. The number of rotatable bonds is 16. The number of piperazine rings is 1. The molecule has 10 nitrogen and oxygen atoms in total. The second-order valence-electron chi connectivity index (χ2n) is 14.7. The molecule has 1 unspecified atom stereocenters. The van der Waals surface area contributed by atoms with E-state index in [1.54, 1.807) is 17.8 Å². The van der Waals surface area contributed by atoms with Gasteiger partial charge in [0.15, 0.2) is 11.6 Å². The van der Waals surface area contributed by atoms with E-state index in [1.807, 2.05) is 91.8 Å². The second kappa shape index (κ2) is 19.1. The molecule has 314 valence electrons. The van der Waals surface area contributed by atoms with Gasteiger partial charge in [0.1, 0.15) is 6.33 Å². The fourth-order valence-electron chi connectivity index (χ4n) is 7.05. The third-order valence-electron chi connectivity index (χ3n) is 10.1. The van der Waals surface area contributed by atoms with Gasteiger partial charge in [-0.05, 0) is 104 Å². The summed E-state index contributed by atoms with van der Waals surface area (Å²) in [5, 5.41) is 4.33. The molecule has 1 atom stereocenters.